The predicted molar refractivity (Wildman–Crippen MR) is 60.5 cm³/mol. The van der Waals surface area contributed by atoms with Gasteiger partial charge in [-0.15, -0.1) is 0 Å². The van der Waals surface area contributed by atoms with Crippen molar-refractivity contribution in [2.45, 2.75) is 6.92 Å². The number of hydrogen-bond donors (Lipinski definition) is 0. The molecule has 1 rings (SSSR count). The summed E-state index contributed by atoms with van der Waals surface area (Å²) in [5, 5.41) is 0. The molecule has 98 valence electrons. The molecule has 5 nitrogen and oxygen atoms in total. The number of benzene rings is 1. The highest BCUT2D eigenvalue weighted by Crippen LogP contribution is 2.26. The van der Waals surface area contributed by atoms with Gasteiger partial charge in [-0.05, 0) is 13.0 Å². The Morgan fingerprint density at radius 2 is 2.11 bits per heavy atom. The van der Waals surface area contributed by atoms with Crippen LogP contribution in [0.4, 0.5) is 4.39 Å². The number of carbonyl (C=O) groups excluding carboxylic acids is 2. The largest absolute Gasteiger partial charge is 0.494 e. The average Bonchev–Trinajstić information content (AvgIpc) is 2.36. The van der Waals surface area contributed by atoms with Crippen molar-refractivity contribution >= 4 is 12.3 Å². The first-order chi connectivity index (χ1) is 8.62. The minimum atomic E-state index is -0.679. The predicted octanol–water partition coefficient (Wildman–Crippen LogP) is 1.59. The topological polar surface area (TPSA) is 61.8 Å². The molecule has 0 unspecified atom stereocenters. The monoisotopic (exact) mass is 256 g/mol. The first kappa shape index (κ1) is 14.0. The van der Waals surface area contributed by atoms with Gasteiger partial charge in [-0.3, -0.25) is 4.79 Å². The van der Waals surface area contributed by atoms with Crippen LogP contribution < -0.4 is 9.47 Å². The number of aldehydes is 1. The number of hydrogen-bond acceptors (Lipinski definition) is 5. The second-order valence-corrected chi connectivity index (χ2v) is 3.24. The van der Waals surface area contributed by atoms with Crippen molar-refractivity contribution in [1.29, 1.82) is 0 Å². The van der Waals surface area contributed by atoms with Crippen LogP contribution >= 0.6 is 0 Å². The van der Waals surface area contributed by atoms with Gasteiger partial charge in [-0.2, -0.15) is 0 Å². The first-order valence-corrected chi connectivity index (χ1v) is 5.23. The average molecular weight is 256 g/mol. The second-order valence-electron chi connectivity index (χ2n) is 3.24. The van der Waals surface area contributed by atoms with Crippen LogP contribution in [0.1, 0.15) is 17.3 Å². The van der Waals surface area contributed by atoms with E-state index in [-0.39, 0.29) is 30.3 Å². The molecular formula is C12H13FO5. The molecule has 0 N–H and O–H groups in total. The van der Waals surface area contributed by atoms with Crippen molar-refractivity contribution < 1.29 is 28.2 Å². The molecule has 0 aliphatic carbocycles. The Balaban J connectivity index is 2.84. The van der Waals surface area contributed by atoms with Gasteiger partial charge in [-0.1, -0.05) is 0 Å². The standard InChI is InChI=1S/C12H13FO5/c1-3-17-12(15)7-18-10-5-9(13)11(16-2)4-8(10)6-14/h4-6H,3,7H2,1-2H3. The molecule has 0 aliphatic heterocycles. The van der Waals surface area contributed by atoms with Crippen LogP contribution in [-0.4, -0.2) is 32.6 Å². The molecule has 0 fully saturated rings. The lowest BCUT2D eigenvalue weighted by Crippen LogP contribution is -2.15. The summed E-state index contributed by atoms with van der Waals surface area (Å²) in [5.74, 6) is -1.37. The molecule has 18 heavy (non-hydrogen) atoms. The zero-order valence-electron chi connectivity index (χ0n) is 10.1. The molecule has 0 aromatic heterocycles. The minimum Gasteiger partial charge on any atom is -0.494 e. The number of esters is 1. The fourth-order valence-corrected chi connectivity index (χ4v) is 1.26. The van der Waals surface area contributed by atoms with E-state index in [1.54, 1.807) is 6.92 Å². The second kappa shape index (κ2) is 6.58. The SMILES string of the molecule is CCOC(=O)COc1cc(F)c(OC)cc1C=O. The van der Waals surface area contributed by atoms with E-state index in [2.05, 4.69) is 4.74 Å². The van der Waals surface area contributed by atoms with E-state index in [0.29, 0.717) is 6.29 Å². The summed E-state index contributed by atoms with van der Waals surface area (Å²) >= 11 is 0. The van der Waals surface area contributed by atoms with Crippen LogP contribution in [0.25, 0.3) is 0 Å². The van der Waals surface area contributed by atoms with Crippen LogP contribution in [0, 0.1) is 5.82 Å². The van der Waals surface area contributed by atoms with Crippen molar-refractivity contribution in [2.24, 2.45) is 0 Å². The van der Waals surface area contributed by atoms with Crippen molar-refractivity contribution in [1.82, 2.24) is 0 Å². The maximum Gasteiger partial charge on any atom is 0.344 e. The van der Waals surface area contributed by atoms with Crippen LogP contribution in [0.2, 0.25) is 0 Å². The number of rotatable bonds is 6. The van der Waals surface area contributed by atoms with Crippen LogP contribution in [0.5, 0.6) is 11.5 Å². The van der Waals surface area contributed by atoms with Gasteiger partial charge in [0.2, 0.25) is 0 Å². The summed E-state index contributed by atoms with van der Waals surface area (Å²) in [6, 6.07) is 2.19. The molecule has 6 heteroatoms. The smallest absolute Gasteiger partial charge is 0.344 e. The molecule has 0 radical (unpaired) electrons. The Morgan fingerprint density at radius 1 is 1.39 bits per heavy atom. The summed E-state index contributed by atoms with van der Waals surface area (Å²) in [4.78, 5) is 21.9. The Labute approximate surface area is 103 Å². The van der Waals surface area contributed by atoms with E-state index in [9.17, 15) is 14.0 Å². The summed E-state index contributed by atoms with van der Waals surface area (Å²) < 4.78 is 27.8. The van der Waals surface area contributed by atoms with Gasteiger partial charge in [-0.25, -0.2) is 9.18 Å². The van der Waals surface area contributed by atoms with Gasteiger partial charge in [0.25, 0.3) is 0 Å². The number of carbonyl (C=O) groups is 2. The lowest BCUT2D eigenvalue weighted by molar-refractivity contribution is -0.145. The fourth-order valence-electron chi connectivity index (χ4n) is 1.26. The number of ether oxygens (including phenoxy) is 3. The quantitative estimate of drug-likeness (QED) is 0.571. The molecule has 0 heterocycles. The van der Waals surface area contributed by atoms with Crippen LogP contribution in [0.3, 0.4) is 0 Å². The first-order valence-electron chi connectivity index (χ1n) is 5.23. The van der Waals surface area contributed by atoms with Crippen LogP contribution in [-0.2, 0) is 9.53 Å². The molecular weight excluding hydrogens is 243 g/mol. The summed E-state index contributed by atoms with van der Waals surface area (Å²) in [6.07, 6.45) is 0.489. The normalized spacial score (nSPS) is 9.72. The fraction of sp³-hybridized carbons (Fsp3) is 0.333. The molecule has 0 amide bonds. The highest BCUT2D eigenvalue weighted by atomic mass is 19.1. The van der Waals surface area contributed by atoms with Crippen molar-refractivity contribution in [3.05, 3.63) is 23.5 Å². The molecule has 0 bridgehead atoms. The molecule has 0 atom stereocenters. The molecule has 0 aliphatic rings. The molecule has 0 saturated carbocycles. The molecule has 0 saturated heterocycles. The third kappa shape index (κ3) is 3.44. The van der Waals surface area contributed by atoms with Gasteiger partial charge < -0.3 is 14.2 Å². The van der Waals surface area contributed by atoms with Gasteiger partial charge >= 0.3 is 5.97 Å². The minimum absolute atomic E-state index is 0.0312. The Hall–Kier alpha value is -2.11. The van der Waals surface area contributed by atoms with Gasteiger partial charge in [0.1, 0.15) is 5.75 Å². The lowest BCUT2D eigenvalue weighted by atomic mass is 10.2. The molecule has 1 aromatic rings. The van der Waals surface area contributed by atoms with E-state index in [1.807, 2.05) is 0 Å². The third-order valence-corrected chi connectivity index (χ3v) is 2.06. The van der Waals surface area contributed by atoms with Crippen molar-refractivity contribution in [2.75, 3.05) is 20.3 Å². The van der Waals surface area contributed by atoms with E-state index in [1.165, 1.54) is 13.2 Å². The summed E-state index contributed by atoms with van der Waals surface area (Å²) in [7, 11) is 1.28. The molecule has 0 spiro atoms. The third-order valence-electron chi connectivity index (χ3n) is 2.06. The zero-order valence-corrected chi connectivity index (χ0v) is 10.1. The highest BCUT2D eigenvalue weighted by molar-refractivity contribution is 5.80. The zero-order chi connectivity index (χ0) is 13.5. The Kier molecular flexibility index (Phi) is 5.10. The van der Waals surface area contributed by atoms with E-state index >= 15 is 0 Å². The Morgan fingerprint density at radius 3 is 2.67 bits per heavy atom. The highest BCUT2D eigenvalue weighted by Gasteiger charge is 2.12. The van der Waals surface area contributed by atoms with Crippen molar-refractivity contribution in [3.63, 3.8) is 0 Å². The maximum atomic E-state index is 13.4. The van der Waals surface area contributed by atoms with Crippen LogP contribution in [0.15, 0.2) is 12.1 Å². The Bertz CT molecular complexity index is 444. The van der Waals surface area contributed by atoms with Gasteiger partial charge in [0.05, 0.1) is 19.3 Å². The number of halogens is 1. The lowest BCUT2D eigenvalue weighted by Gasteiger charge is -2.10. The van der Waals surface area contributed by atoms with E-state index in [0.717, 1.165) is 6.07 Å². The van der Waals surface area contributed by atoms with Crippen molar-refractivity contribution in [3.8, 4) is 11.5 Å². The van der Waals surface area contributed by atoms with Gasteiger partial charge in [0.15, 0.2) is 24.5 Å². The summed E-state index contributed by atoms with van der Waals surface area (Å²) in [6.45, 7) is 1.49. The number of methoxy groups -OCH3 is 1. The van der Waals surface area contributed by atoms with E-state index < -0.39 is 11.8 Å². The van der Waals surface area contributed by atoms with E-state index in [4.69, 9.17) is 9.47 Å². The molecule has 1 aromatic carbocycles. The summed E-state index contributed by atoms with van der Waals surface area (Å²) in [5.41, 5.74) is 0.0950. The maximum absolute atomic E-state index is 13.4. The van der Waals surface area contributed by atoms with Gasteiger partial charge in [0, 0.05) is 6.07 Å².